The van der Waals surface area contributed by atoms with E-state index in [1.807, 2.05) is 0 Å². The summed E-state index contributed by atoms with van der Waals surface area (Å²) >= 11 is 0. The Hall–Kier alpha value is -0.960. The maximum Gasteiger partial charge on any atom is 0.113 e. The first-order valence-electron chi connectivity index (χ1n) is 5.75. The molecule has 0 radical (unpaired) electrons. The van der Waals surface area contributed by atoms with Crippen LogP contribution in [0.2, 0.25) is 0 Å². The highest BCUT2D eigenvalue weighted by Crippen LogP contribution is 2.32. The van der Waals surface area contributed by atoms with Crippen molar-refractivity contribution < 1.29 is 0 Å². The van der Waals surface area contributed by atoms with Gasteiger partial charge in [0.1, 0.15) is 5.82 Å². The Kier molecular flexibility index (Phi) is 2.74. The Bertz CT molecular complexity index is 341. The molecule has 0 aliphatic carbocycles. The van der Waals surface area contributed by atoms with Crippen LogP contribution >= 0.6 is 0 Å². The molecule has 84 valence electrons. The molecule has 0 fully saturated rings. The molecular weight excluding hydrogens is 186 g/mol. The molecular formula is C12H21N3. The van der Waals surface area contributed by atoms with Crippen molar-refractivity contribution in [3.05, 3.63) is 17.8 Å². The van der Waals surface area contributed by atoms with Gasteiger partial charge in [0.2, 0.25) is 0 Å². The van der Waals surface area contributed by atoms with Crippen LogP contribution in [-0.4, -0.2) is 18.2 Å². The monoisotopic (exact) mass is 207 g/mol. The molecule has 2 N–H and O–H groups in total. The van der Waals surface area contributed by atoms with Gasteiger partial charge in [-0.05, 0) is 18.4 Å². The molecule has 2 heterocycles. The molecule has 1 atom stereocenters. The van der Waals surface area contributed by atoms with Crippen molar-refractivity contribution >= 4 is 5.82 Å². The van der Waals surface area contributed by atoms with E-state index in [0.717, 1.165) is 19.5 Å². The predicted molar refractivity (Wildman–Crippen MR) is 64.1 cm³/mol. The Morgan fingerprint density at radius 2 is 2.13 bits per heavy atom. The fraction of sp³-hybridized carbons (Fsp3) is 0.667. The van der Waals surface area contributed by atoms with E-state index in [-0.39, 0.29) is 6.04 Å². The van der Waals surface area contributed by atoms with Gasteiger partial charge in [0.15, 0.2) is 0 Å². The molecule has 15 heavy (non-hydrogen) atoms. The van der Waals surface area contributed by atoms with Gasteiger partial charge >= 0.3 is 0 Å². The minimum absolute atomic E-state index is 0.182. The lowest BCUT2D eigenvalue weighted by Gasteiger charge is -2.18. The van der Waals surface area contributed by atoms with Crippen LogP contribution in [-0.2, 0) is 6.54 Å². The number of aromatic nitrogens is 1. The number of nitrogens with zero attached hydrogens (tertiary/aromatic N) is 2. The lowest BCUT2D eigenvalue weighted by Crippen LogP contribution is -2.18. The summed E-state index contributed by atoms with van der Waals surface area (Å²) in [5, 5.41) is 0. The second-order valence-corrected chi connectivity index (χ2v) is 4.95. The lowest BCUT2D eigenvalue weighted by molar-refractivity contribution is 0.510. The molecule has 1 aromatic rings. The average Bonchev–Trinajstić information content (AvgIpc) is 2.68. The normalized spacial score (nSPS) is 17.3. The standard InChI is InChI=1S/C12H21N3/c1-9(2)8-11(13)10-4-5-15-7-6-14(3)12(10)15/h4-5,9,11H,6-8,13H2,1-3H3. The number of anilines is 1. The summed E-state index contributed by atoms with van der Waals surface area (Å²) in [6.07, 6.45) is 3.22. The number of fused-ring (bicyclic) bond motifs is 1. The minimum atomic E-state index is 0.182. The summed E-state index contributed by atoms with van der Waals surface area (Å²) in [4.78, 5) is 2.30. The van der Waals surface area contributed by atoms with Crippen molar-refractivity contribution in [2.75, 3.05) is 18.5 Å². The second-order valence-electron chi connectivity index (χ2n) is 4.95. The second kappa shape index (κ2) is 3.89. The summed E-state index contributed by atoms with van der Waals surface area (Å²) in [6.45, 7) is 6.65. The number of hydrogen-bond donors (Lipinski definition) is 1. The molecule has 1 aliphatic rings. The van der Waals surface area contributed by atoms with Crippen LogP contribution in [0.1, 0.15) is 31.9 Å². The fourth-order valence-corrected chi connectivity index (χ4v) is 2.39. The van der Waals surface area contributed by atoms with Gasteiger partial charge in [0, 0.05) is 37.9 Å². The van der Waals surface area contributed by atoms with E-state index in [1.165, 1.54) is 11.4 Å². The molecule has 0 bridgehead atoms. The zero-order valence-corrected chi connectivity index (χ0v) is 9.90. The summed E-state index contributed by atoms with van der Waals surface area (Å²) in [5.41, 5.74) is 7.54. The SMILES string of the molecule is CC(C)CC(N)c1ccn2c1N(C)CC2. The van der Waals surface area contributed by atoms with Crippen LogP contribution < -0.4 is 10.6 Å². The molecule has 0 saturated heterocycles. The van der Waals surface area contributed by atoms with Crippen molar-refractivity contribution in [1.29, 1.82) is 0 Å². The number of nitrogens with two attached hydrogens (primary N) is 1. The molecule has 3 nitrogen and oxygen atoms in total. The van der Waals surface area contributed by atoms with E-state index in [1.54, 1.807) is 0 Å². The summed E-state index contributed by atoms with van der Waals surface area (Å²) in [7, 11) is 2.14. The first-order valence-corrected chi connectivity index (χ1v) is 5.75. The Labute approximate surface area is 91.9 Å². The smallest absolute Gasteiger partial charge is 0.113 e. The third kappa shape index (κ3) is 1.88. The number of likely N-dealkylation sites (N-methyl/N-ethyl adjacent to an activating group) is 1. The van der Waals surface area contributed by atoms with E-state index in [4.69, 9.17) is 5.73 Å². The van der Waals surface area contributed by atoms with Gasteiger partial charge in [-0.25, -0.2) is 0 Å². The minimum Gasteiger partial charge on any atom is -0.359 e. The number of hydrogen-bond acceptors (Lipinski definition) is 2. The van der Waals surface area contributed by atoms with Gasteiger partial charge in [-0.15, -0.1) is 0 Å². The van der Waals surface area contributed by atoms with Gasteiger partial charge in [0.05, 0.1) is 0 Å². The third-order valence-corrected chi connectivity index (χ3v) is 3.13. The number of rotatable bonds is 3. The van der Waals surface area contributed by atoms with E-state index >= 15 is 0 Å². The summed E-state index contributed by atoms with van der Waals surface area (Å²) in [5.74, 6) is 1.98. The van der Waals surface area contributed by atoms with Gasteiger partial charge < -0.3 is 15.2 Å². The van der Waals surface area contributed by atoms with Crippen molar-refractivity contribution in [3.63, 3.8) is 0 Å². The largest absolute Gasteiger partial charge is 0.359 e. The molecule has 1 unspecified atom stereocenters. The zero-order valence-electron chi connectivity index (χ0n) is 9.90. The Balaban J connectivity index is 2.22. The van der Waals surface area contributed by atoms with Crippen LogP contribution in [0.5, 0.6) is 0 Å². The predicted octanol–water partition coefficient (Wildman–Crippen LogP) is 1.98. The van der Waals surface area contributed by atoms with Crippen LogP contribution in [0.4, 0.5) is 5.82 Å². The van der Waals surface area contributed by atoms with Gasteiger partial charge in [-0.3, -0.25) is 0 Å². The van der Waals surface area contributed by atoms with Crippen molar-refractivity contribution in [2.24, 2.45) is 11.7 Å². The fourth-order valence-electron chi connectivity index (χ4n) is 2.39. The zero-order chi connectivity index (χ0) is 11.0. The van der Waals surface area contributed by atoms with Crippen LogP contribution in [0.3, 0.4) is 0 Å². The highest BCUT2D eigenvalue weighted by Gasteiger charge is 2.22. The molecule has 0 spiro atoms. The van der Waals surface area contributed by atoms with Crippen molar-refractivity contribution in [2.45, 2.75) is 32.9 Å². The molecule has 1 aromatic heterocycles. The Morgan fingerprint density at radius 1 is 1.40 bits per heavy atom. The highest BCUT2D eigenvalue weighted by molar-refractivity contribution is 5.52. The molecule has 0 amide bonds. The van der Waals surface area contributed by atoms with E-state index in [2.05, 4.69) is 42.6 Å². The summed E-state index contributed by atoms with van der Waals surface area (Å²) in [6, 6.07) is 2.36. The maximum atomic E-state index is 6.24. The molecule has 0 aromatic carbocycles. The van der Waals surface area contributed by atoms with Gasteiger partial charge in [0.25, 0.3) is 0 Å². The first kappa shape index (κ1) is 10.6. The topological polar surface area (TPSA) is 34.2 Å². The van der Waals surface area contributed by atoms with E-state index in [9.17, 15) is 0 Å². The third-order valence-electron chi connectivity index (χ3n) is 3.13. The Morgan fingerprint density at radius 3 is 2.80 bits per heavy atom. The van der Waals surface area contributed by atoms with Crippen LogP contribution in [0, 0.1) is 5.92 Å². The van der Waals surface area contributed by atoms with Gasteiger partial charge in [-0.1, -0.05) is 13.8 Å². The highest BCUT2D eigenvalue weighted by atomic mass is 15.3. The average molecular weight is 207 g/mol. The van der Waals surface area contributed by atoms with E-state index in [0.29, 0.717) is 5.92 Å². The van der Waals surface area contributed by atoms with Gasteiger partial charge in [-0.2, -0.15) is 0 Å². The van der Waals surface area contributed by atoms with Crippen LogP contribution in [0.25, 0.3) is 0 Å². The quantitative estimate of drug-likeness (QED) is 0.822. The molecule has 3 heteroatoms. The summed E-state index contributed by atoms with van der Waals surface area (Å²) < 4.78 is 2.30. The maximum absolute atomic E-state index is 6.24. The lowest BCUT2D eigenvalue weighted by atomic mass is 9.99. The van der Waals surface area contributed by atoms with Crippen molar-refractivity contribution in [1.82, 2.24) is 4.57 Å². The van der Waals surface area contributed by atoms with E-state index < -0.39 is 0 Å². The molecule has 2 rings (SSSR count). The first-order chi connectivity index (χ1) is 7.09. The van der Waals surface area contributed by atoms with Crippen LogP contribution in [0.15, 0.2) is 12.3 Å². The van der Waals surface area contributed by atoms with Crippen molar-refractivity contribution in [3.8, 4) is 0 Å². The molecule has 0 saturated carbocycles. The molecule has 1 aliphatic heterocycles.